The number of hydrogen-bond acceptors (Lipinski definition) is 3. The van der Waals surface area contributed by atoms with Crippen LogP contribution in [0.1, 0.15) is 0 Å². The maximum Gasteiger partial charge on any atom is 0.265 e. The Morgan fingerprint density at radius 3 is 2.71 bits per heavy atom. The van der Waals surface area contributed by atoms with Crippen molar-refractivity contribution in [1.82, 2.24) is 10.2 Å². The first kappa shape index (κ1) is 12.5. The van der Waals surface area contributed by atoms with Crippen LogP contribution in [-0.2, 0) is 9.05 Å². The molecule has 0 aliphatic heterocycles. The zero-order valence-electron chi connectivity index (χ0n) is 8.12. The lowest BCUT2D eigenvalue weighted by molar-refractivity contribution is 0.609. The largest absolute Gasteiger partial charge is 0.276 e. The Kier molecular flexibility index (Phi) is 3.24. The summed E-state index contributed by atoms with van der Waals surface area (Å²) in [6.45, 7) is 0. The Balaban J connectivity index is 2.66. The van der Waals surface area contributed by atoms with E-state index in [0.717, 1.165) is 6.20 Å². The fourth-order valence-electron chi connectivity index (χ4n) is 1.35. The van der Waals surface area contributed by atoms with Crippen LogP contribution >= 0.6 is 26.6 Å². The molecule has 0 aliphatic carbocycles. The number of aromatic amines is 1. The smallest absolute Gasteiger partial charge is 0.265 e. The Morgan fingerprint density at radius 1 is 1.41 bits per heavy atom. The monoisotopic (exact) mass is 338 g/mol. The number of benzene rings is 1. The van der Waals surface area contributed by atoms with Crippen LogP contribution < -0.4 is 0 Å². The summed E-state index contributed by atoms with van der Waals surface area (Å²) in [6.07, 6.45) is 1.04. The molecule has 1 aromatic heterocycles. The van der Waals surface area contributed by atoms with E-state index in [9.17, 15) is 12.8 Å². The molecule has 0 bridgehead atoms. The van der Waals surface area contributed by atoms with Gasteiger partial charge in [0.25, 0.3) is 9.05 Å². The van der Waals surface area contributed by atoms with Crippen molar-refractivity contribution in [3.05, 3.63) is 34.7 Å². The molecule has 0 saturated heterocycles. The number of rotatable bonds is 2. The third-order valence-corrected chi connectivity index (χ3v) is 3.89. The van der Waals surface area contributed by atoms with E-state index >= 15 is 0 Å². The normalized spacial score (nSPS) is 11.7. The van der Waals surface area contributed by atoms with Crippen LogP contribution in [0, 0.1) is 5.82 Å². The Morgan fingerprint density at radius 2 is 2.12 bits per heavy atom. The summed E-state index contributed by atoms with van der Waals surface area (Å²) in [4.78, 5) is -0.250. The first-order valence-corrected chi connectivity index (χ1v) is 7.43. The number of nitrogens with zero attached hydrogens (tertiary/aromatic N) is 1. The minimum absolute atomic E-state index is 0.0324. The van der Waals surface area contributed by atoms with E-state index in [1.165, 1.54) is 12.1 Å². The summed E-state index contributed by atoms with van der Waals surface area (Å²) < 4.78 is 36.7. The molecule has 90 valence electrons. The van der Waals surface area contributed by atoms with Gasteiger partial charge in [0, 0.05) is 20.7 Å². The first-order chi connectivity index (χ1) is 7.89. The standard InChI is InChI=1S/C9H5BrClFN2O2S/c10-5-1-2-6(7(12)3-5)9-8(4-13-14-9)17(11,15)16/h1-4H,(H,13,14). The van der Waals surface area contributed by atoms with E-state index in [2.05, 4.69) is 26.1 Å². The van der Waals surface area contributed by atoms with Crippen molar-refractivity contribution in [3.8, 4) is 11.3 Å². The van der Waals surface area contributed by atoms with E-state index in [-0.39, 0.29) is 16.2 Å². The van der Waals surface area contributed by atoms with Crippen LogP contribution in [0.3, 0.4) is 0 Å². The quantitative estimate of drug-likeness (QED) is 0.856. The lowest BCUT2D eigenvalue weighted by Crippen LogP contribution is -1.93. The van der Waals surface area contributed by atoms with Crippen LogP contribution in [0.5, 0.6) is 0 Å². The molecule has 1 N–H and O–H groups in total. The second-order valence-corrected chi connectivity index (χ2v) is 6.62. The molecule has 0 aliphatic rings. The molecule has 0 saturated carbocycles. The summed E-state index contributed by atoms with van der Waals surface area (Å²) in [6, 6.07) is 4.24. The highest BCUT2D eigenvalue weighted by atomic mass is 79.9. The number of hydrogen-bond donors (Lipinski definition) is 1. The number of nitrogens with one attached hydrogen (secondary N) is 1. The fraction of sp³-hybridized carbons (Fsp3) is 0. The molecule has 0 fully saturated rings. The van der Waals surface area contributed by atoms with Gasteiger partial charge in [0.1, 0.15) is 10.7 Å². The number of halogens is 3. The Hall–Kier alpha value is -0.920. The summed E-state index contributed by atoms with van der Waals surface area (Å²) in [5, 5.41) is 5.98. The lowest BCUT2D eigenvalue weighted by atomic mass is 10.1. The van der Waals surface area contributed by atoms with Crippen molar-refractivity contribution >= 4 is 35.7 Å². The Labute approximate surface area is 109 Å². The van der Waals surface area contributed by atoms with Gasteiger partial charge in [-0.2, -0.15) is 5.10 Å². The first-order valence-electron chi connectivity index (χ1n) is 4.33. The predicted molar refractivity (Wildman–Crippen MR) is 64.7 cm³/mol. The van der Waals surface area contributed by atoms with Gasteiger partial charge in [-0.1, -0.05) is 15.9 Å². The van der Waals surface area contributed by atoms with Gasteiger partial charge in [-0.05, 0) is 18.2 Å². The van der Waals surface area contributed by atoms with E-state index in [1.807, 2.05) is 0 Å². The Bertz CT molecular complexity index is 671. The van der Waals surface area contributed by atoms with Crippen LogP contribution in [0.4, 0.5) is 4.39 Å². The van der Waals surface area contributed by atoms with E-state index in [0.29, 0.717) is 4.47 Å². The maximum atomic E-state index is 13.7. The predicted octanol–water partition coefficient (Wildman–Crippen LogP) is 2.91. The van der Waals surface area contributed by atoms with Gasteiger partial charge < -0.3 is 0 Å². The topological polar surface area (TPSA) is 62.8 Å². The molecule has 0 spiro atoms. The molecule has 1 aromatic carbocycles. The fourth-order valence-corrected chi connectivity index (χ4v) is 2.61. The molecule has 0 radical (unpaired) electrons. The molecule has 0 unspecified atom stereocenters. The zero-order valence-corrected chi connectivity index (χ0v) is 11.3. The van der Waals surface area contributed by atoms with Gasteiger partial charge in [-0.25, -0.2) is 12.8 Å². The second-order valence-electron chi connectivity index (χ2n) is 3.17. The van der Waals surface area contributed by atoms with Crippen LogP contribution in [0.2, 0.25) is 0 Å². The van der Waals surface area contributed by atoms with E-state index < -0.39 is 14.9 Å². The SMILES string of the molecule is O=S(=O)(Cl)c1cn[nH]c1-c1ccc(Br)cc1F. The van der Waals surface area contributed by atoms with Crippen molar-refractivity contribution in [2.75, 3.05) is 0 Å². The average molecular weight is 340 g/mol. The average Bonchev–Trinajstić information content (AvgIpc) is 2.65. The van der Waals surface area contributed by atoms with Crippen molar-refractivity contribution in [3.63, 3.8) is 0 Å². The third kappa shape index (κ3) is 2.51. The van der Waals surface area contributed by atoms with Gasteiger partial charge in [0.2, 0.25) is 0 Å². The summed E-state index contributed by atoms with van der Waals surface area (Å²) in [7, 11) is 1.25. The van der Waals surface area contributed by atoms with Gasteiger partial charge in [0.15, 0.2) is 0 Å². The third-order valence-electron chi connectivity index (χ3n) is 2.07. The molecule has 0 atom stereocenters. The molecule has 4 nitrogen and oxygen atoms in total. The summed E-state index contributed by atoms with van der Waals surface area (Å²) in [5.41, 5.74) is 0.120. The highest BCUT2D eigenvalue weighted by molar-refractivity contribution is 9.10. The molecular weight excluding hydrogens is 335 g/mol. The van der Waals surface area contributed by atoms with Crippen LogP contribution in [0.15, 0.2) is 33.8 Å². The highest BCUT2D eigenvalue weighted by Crippen LogP contribution is 2.30. The van der Waals surface area contributed by atoms with Gasteiger partial charge >= 0.3 is 0 Å². The molecular formula is C9H5BrClFN2O2S. The number of aromatic nitrogens is 2. The van der Waals surface area contributed by atoms with E-state index in [1.54, 1.807) is 6.07 Å². The maximum absolute atomic E-state index is 13.7. The van der Waals surface area contributed by atoms with Crippen molar-refractivity contribution in [1.29, 1.82) is 0 Å². The minimum Gasteiger partial charge on any atom is -0.276 e. The van der Waals surface area contributed by atoms with Crippen molar-refractivity contribution in [2.24, 2.45) is 0 Å². The van der Waals surface area contributed by atoms with Gasteiger partial charge in [-0.15, -0.1) is 0 Å². The zero-order chi connectivity index (χ0) is 12.6. The molecule has 8 heteroatoms. The molecule has 2 rings (SSSR count). The molecule has 0 amide bonds. The second kappa shape index (κ2) is 4.40. The van der Waals surface area contributed by atoms with Crippen molar-refractivity contribution < 1.29 is 12.8 Å². The van der Waals surface area contributed by atoms with Crippen LogP contribution in [-0.4, -0.2) is 18.6 Å². The molecule has 2 aromatic rings. The van der Waals surface area contributed by atoms with Crippen molar-refractivity contribution in [2.45, 2.75) is 4.90 Å². The molecule has 1 heterocycles. The molecule has 17 heavy (non-hydrogen) atoms. The lowest BCUT2D eigenvalue weighted by Gasteiger charge is -2.02. The van der Waals surface area contributed by atoms with E-state index in [4.69, 9.17) is 10.7 Å². The van der Waals surface area contributed by atoms with Gasteiger partial charge in [0.05, 0.1) is 11.9 Å². The summed E-state index contributed by atoms with van der Waals surface area (Å²) >= 11 is 3.11. The highest BCUT2D eigenvalue weighted by Gasteiger charge is 2.21. The number of H-pyrrole nitrogens is 1. The van der Waals surface area contributed by atoms with Crippen LogP contribution in [0.25, 0.3) is 11.3 Å². The minimum atomic E-state index is -3.97. The summed E-state index contributed by atoms with van der Waals surface area (Å²) in [5.74, 6) is -0.579. The van der Waals surface area contributed by atoms with Gasteiger partial charge in [-0.3, -0.25) is 5.10 Å².